The molecule has 6 nitrogen and oxygen atoms in total. The number of benzene rings is 1. The summed E-state index contributed by atoms with van der Waals surface area (Å²) >= 11 is 0. The van der Waals surface area contributed by atoms with Crippen LogP contribution in [0.5, 0.6) is 0 Å². The Morgan fingerprint density at radius 1 is 1.32 bits per heavy atom. The molecule has 1 heterocycles. The largest absolute Gasteiger partial charge is 0.309 e. The number of carbonyl (C=O) groups is 1. The van der Waals surface area contributed by atoms with Gasteiger partial charge in [0.05, 0.1) is 11.1 Å². The predicted molar refractivity (Wildman–Crippen MR) is 97.0 cm³/mol. The van der Waals surface area contributed by atoms with Crippen molar-refractivity contribution in [1.29, 1.82) is 0 Å². The van der Waals surface area contributed by atoms with Crippen LogP contribution in [0.3, 0.4) is 0 Å². The van der Waals surface area contributed by atoms with E-state index in [0.717, 1.165) is 31.1 Å². The normalized spacial score (nSPS) is 16.4. The van der Waals surface area contributed by atoms with Crippen LogP contribution >= 0.6 is 0 Å². The second-order valence-electron chi connectivity index (χ2n) is 7.49. The Bertz CT molecular complexity index is 799. The lowest BCUT2D eigenvalue weighted by Gasteiger charge is -2.18. The van der Waals surface area contributed by atoms with E-state index in [0.29, 0.717) is 17.3 Å². The summed E-state index contributed by atoms with van der Waals surface area (Å²) in [6.45, 7) is 5.86. The molecule has 3 N–H and O–H groups in total. The van der Waals surface area contributed by atoms with Gasteiger partial charge in [-0.05, 0) is 51.8 Å². The lowest BCUT2D eigenvalue weighted by atomic mass is 10.1. The van der Waals surface area contributed by atoms with Crippen LogP contribution in [0.2, 0.25) is 0 Å². The first-order valence-electron chi connectivity index (χ1n) is 8.63. The van der Waals surface area contributed by atoms with Crippen molar-refractivity contribution in [2.75, 3.05) is 5.32 Å². The van der Waals surface area contributed by atoms with Crippen LogP contribution in [0.15, 0.2) is 23.2 Å². The molecule has 7 heteroatoms. The van der Waals surface area contributed by atoms with Gasteiger partial charge in [-0.25, -0.2) is 9.38 Å². The van der Waals surface area contributed by atoms with Crippen LogP contribution < -0.4 is 10.6 Å². The van der Waals surface area contributed by atoms with Gasteiger partial charge in [0.1, 0.15) is 5.82 Å². The highest BCUT2D eigenvalue weighted by Crippen LogP contribution is 2.25. The number of hydrogen-bond donors (Lipinski definition) is 3. The van der Waals surface area contributed by atoms with E-state index >= 15 is 0 Å². The number of guanidine groups is 1. The molecule has 1 fully saturated rings. The Morgan fingerprint density at radius 3 is 2.72 bits per heavy atom. The van der Waals surface area contributed by atoms with Crippen LogP contribution in [0.25, 0.3) is 10.9 Å². The Kier molecular flexibility index (Phi) is 4.74. The van der Waals surface area contributed by atoms with E-state index in [1.165, 1.54) is 12.1 Å². The van der Waals surface area contributed by atoms with Crippen LogP contribution in [-0.2, 0) is 4.79 Å². The number of fused-ring (bicyclic) bond motifs is 1. The number of carbonyl (C=O) groups excluding carboxylic acids is 1. The van der Waals surface area contributed by atoms with Gasteiger partial charge in [0, 0.05) is 11.3 Å². The number of nitrogens with zero attached hydrogens (tertiary/aromatic N) is 2. The molecular weight excluding hydrogens is 321 g/mol. The molecule has 0 radical (unpaired) electrons. The molecule has 1 aliphatic rings. The molecule has 1 amide bonds. The van der Waals surface area contributed by atoms with Crippen molar-refractivity contribution in [2.45, 2.75) is 52.0 Å². The van der Waals surface area contributed by atoms with E-state index in [9.17, 15) is 9.18 Å². The van der Waals surface area contributed by atoms with E-state index in [2.05, 4.69) is 25.8 Å². The molecule has 0 saturated heterocycles. The first-order chi connectivity index (χ1) is 11.8. The van der Waals surface area contributed by atoms with Crippen molar-refractivity contribution in [3.05, 3.63) is 24.0 Å². The standard InChI is InChI=1S/C18H24FN5O/c1-18(2,3)22-17(21-16(25)11-6-4-5-7-11)20-15-13-9-8-12(19)10-14(13)23-24-15/h8-11H,4-7H2,1-3H3,(H3,20,21,22,23,24,25). The Morgan fingerprint density at radius 2 is 2.04 bits per heavy atom. The maximum absolute atomic E-state index is 13.3. The van der Waals surface area contributed by atoms with Gasteiger partial charge in [-0.15, -0.1) is 0 Å². The van der Waals surface area contributed by atoms with Crippen molar-refractivity contribution in [2.24, 2.45) is 10.9 Å². The van der Waals surface area contributed by atoms with E-state index in [4.69, 9.17) is 0 Å². The Labute approximate surface area is 146 Å². The van der Waals surface area contributed by atoms with Crippen molar-refractivity contribution >= 4 is 28.6 Å². The molecule has 2 aromatic rings. The molecule has 0 unspecified atom stereocenters. The molecule has 0 aliphatic heterocycles. The fourth-order valence-electron chi connectivity index (χ4n) is 3.03. The lowest BCUT2D eigenvalue weighted by molar-refractivity contribution is -0.123. The molecule has 1 aliphatic carbocycles. The molecular formula is C18H24FN5O. The smallest absolute Gasteiger partial charge is 0.229 e. The summed E-state index contributed by atoms with van der Waals surface area (Å²) in [5.74, 6) is 0.559. The molecule has 1 saturated carbocycles. The molecule has 25 heavy (non-hydrogen) atoms. The van der Waals surface area contributed by atoms with Crippen LogP contribution in [0.1, 0.15) is 46.5 Å². The van der Waals surface area contributed by atoms with Gasteiger partial charge < -0.3 is 5.32 Å². The van der Waals surface area contributed by atoms with Gasteiger partial charge in [0.25, 0.3) is 0 Å². The Balaban J connectivity index is 1.84. The van der Waals surface area contributed by atoms with E-state index in [1.807, 2.05) is 20.8 Å². The number of anilines is 1. The molecule has 1 aromatic carbocycles. The molecule has 1 aromatic heterocycles. The highest BCUT2D eigenvalue weighted by atomic mass is 19.1. The zero-order valence-electron chi connectivity index (χ0n) is 14.8. The van der Waals surface area contributed by atoms with E-state index in [-0.39, 0.29) is 23.2 Å². The average molecular weight is 345 g/mol. The van der Waals surface area contributed by atoms with Crippen LogP contribution in [-0.4, -0.2) is 27.6 Å². The van der Waals surface area contributed by atoms with E-state index < -0.39 is 0 Å². The summed E-state index contributed by atoms with van der Waals surface area (Å²) in [4.78, 5) is 17.0. The third kappa shape index (κ3) is 4.35. The minimum atomic E-state index is -0.372. The van der Waals surface area contributed by atoms with Crippen molar-refractivity contribution in [3.63, 3.8) is 0 Å². The number of aromatic amines is 1. The highest BCUT2D eigenvalue weighted by Gasteiger charge is 2.24. The van der Waals surface area contributed by atoms with Crippen LogP contribution in [0.4, 0.5) is 10.2 Å². The zero-order valence-corrected chi connectivity index (χ0v) is 14.8. The summed E-state index contributed by atoms with van der Waals surface area (Å²) in [6, 6.07) is 4.40. The van der Waals surface area contributed by atoms with Crippen molar-refractivity contribution in [1.82, 2.24) is 15.5 Å². The Hall–Kier alpha value is -2.44. The third-order valence-electron chi connectivity index (χ3n) is 4.18. The average Bonchev–Trinajstić information content (AvgIpc) is 3.15. The third-order valence-corrected chi connectivity index (χ3v) is 4.18. The fraction of sp³-hybridized carbons (Fsp3) is 0.500. The monoisotopic (exact) mass is 345 g/mol. The number of hydrogen-bond acceptors (Lipinski definition) is 3. The van der Waals surface area contributed by atoms with Crippen molar-refractivity contribution in [3.8, 4) is 0 Å². The van der Waals surface area contributed by atoms with E-state index in [1.54, 1.807) is 6.07 Å². The van der Waals surface area contributed by atoms with Crippen molar-refractivity contribution < 1.29 is 9.18 Å². The number of aromatic nitrogens is 2. The number of nitrogens with one attached hydrogen (secondary N) is 3. The SMILES string of the molecule is CC(C)(C)N=C(NC(=O)C1CCCC1)Nc1n[nH]c2cc(F)ccc12. The maximum Gasteiger partial charge on any atom is 0.229 e. The summed E-state index contributed by atoms with van der Waals surface area (Å²) < 4.78 is 13.3. The van der Waals surface area contributed by atoms with Gasteiger partial charge in [0.2, 0.25) is 11.9 Å². The van der Waals surface area contributed by atoms with Gasteiger partial charge in [-0.1, -0.05) is 12.8 Å². The number of amides is 1. The van der Waals surface area contributed by atoms with Gasteiger partial charge >= 0.3 is 0 Å². The number of halogens is 1. The van der Waals surface area contributed by atoms with Gasteiger partial charge in [0.15, 0.2) is 5.82 Å². The lowest BCUT2D eigenvalue weighted by Crippen LogP contribution is -2.40. The topological polar surface area (TPSA) is 82.2 Å². The minimum Gasteiger partial charge on any atom is -0.309 e. The summed E-state index contributed by atoms with van der Waals surface area (Å²) in [5, 5.41) is 13.7. The minimum absolute atomic E-state index is 0.0149. The first kappa shape index (κ1) is 17.4. The molecule has 0 bridgehead atoms. The highest BCUT2D eigenvalue weighted by molar-refractivity contribution is 6.07. The quantitative estimate of drug-likeness (QED) is 0.575. The second kappa shape index (κ2) is 6.82. The molecule has 0 atom stereocenters. The summed E-state index contributed by atoms with van der Waals surface area (Å²) in [5.41, 5.74) is 0.212. The second-order valence-corrected chi connectivity index (χ2v) is 7.49. The van der Waals surface area contributed by atoms with Gasteiger partial charge in [-0.2, -0.15) is 5.10 Å². The van der Waals surface area contributed by atoms with Crippen LogP contribution in [0, 0.1) is 11.7 Å². The molecule has 134 valence electrons. The maximum atomic E-state index is 13.3. The molecule has 3 rings (SSSR count). The predicted octanol–water partition coefficient (Wildman–Crippen LogP) is 3.57. The summed E-state index contributed by atoms with van der Waals surface area (Å²) in [7, 11) is 0. The molecule has 0 spiro atoms. The number of aliphatic imine (C=N–C) groups is 1. The number of H-pyrrole nitrogens is 1. The zero-order chi connectivity index (χ0) is 18.0. The fourth-order valence-corrected chi connectivity index (χ4v) is 3.03. The summed E-state index contributed by atoms with van der Waals surface area (Å²) in [6.07, 6.45) is 4.01. The first-order valence-corrected chi connectivity index (χ1v) is 8.63. The van der Waals surface area contributed by atoms with Gasteiger partial charge in [-0.3, -0.25) is 15.2 Å². The number of rotatable bonds is 2.